The highest BCUT2D eigenvalue weighted by molar-refractivity contribution is 5.77. The molecule has 1 amide bonds. The summed E-state index contributed by atoms with van der Waals surface area (Å²) in [4.78, 5) is 31.1. The van der Waals surface area contributed by atoms with Gasteiger partial charge in [0.1, 0.15) is 17.2 Å². The van der Waals surface area contributed by atoms with Gasteiger partial charge in [0.15, 0.2) is 5.65 Å². The Morgan fingerprint density at radius 3 is 2.74 bits per heavy atom. The highest BCUT2D eigenvalue weighted by Crippen LogP contribution is 2.25. The molecular formula is C19H21N7O. The number of amides is 1. The number of nitrogens with one attached hydrogen (secondary N) is 1. The van der Waals surface area contributed by atoms with Crippen molar-refractivity contribution in [2.45, 2.75) is 19.4 Å². The summed E-state index contributed by atoms with van der Waals surface area (Å²) in [6.45, 7) is 2.15. The second-order valence-corrected chi connectivity index (χ2v) is 6.60. The van der Waals surface area contributed by atoms with E-state index in [1.54, 1.807) is 18.6 Å². The average molecular weight is 363 g/mol. The van der Waals surface area contributed by atoms with Crippen molar-refractivity contribution in [3.63, 3.8) is 0 Å². The van der Waals surface area contributed by atoms with E-state index in [0.717, 1.165) is 48.6 Å². The van der Waals surface area contributed by atoms with Gasteiger partial charge < -0.3 is 16.0 Å². The van der Waals surface area contributed by atoms with Crippen LogP contribution in [0.4, 0.5) is 11.6 Å². The minimum Gasteiger partial charge on any atom is -0.369 e. The molecule has 0 bridgehead atoms. The average Bonchev–Trinajstić information content (AvgIpc) is 2.72. The van der Waals surface area contributed by atoms with E-state index in [4.69, 9.17) is 5.73 Å². The molecule has 1 fully saturated rings. The van der Waals surface area contributed by atoms with Gasteiger partial charge in [-0.3, -0.25) is 9.78 Å². The van der Waals surface area contributed by atoms with Crippen LogP contribution in [0.15, 0.2) is 42.9 Å². The number of primary amides is 1. The summed E-state index contributed by atoms with van der Waals surface area (Å²) in [5.41, 5.74) is 7.89. The number of fused-ring (bicyclic) bond motifs is 1. The third-order valence-corrected chi connectivity index (χ3v) is 4.86. The maximum Gasteiger partial charge on any atom is 0.220 e. The number of aromatic nitrogens is 4. The normalized spacial score (nSPS) is 15.0. The topological polar surface area (TPSA) is 110 Å². The van der Waals surface area contributed by atoms with Crippen LogP contribution < -0.4 is 16.0 Å². The van der Waals surface area contributed by atoms with Gasteiger partial charge in [-0.1, -0.05) is 6.07 Å². The molecule has 8 nitrogen and oxygen atoms in total. The van der Waals surface area contributed by atoms with Crippen LogP contribution in [0.3, 0.4) is 0 Å². The van der Waals surface area contributed by atoms with Gasteiger partial charge in [0.25, 0.3) is 0 Å². The standard InChI is InChI=1S/C19H21N7O/c20-17(27)13-5-10-26(11-6-13)19-14(2-1-7-23-19)12-24-16-4-3-15-18(25-16)22-9-8-21-15/h1-4,7-9,13H,5-6,10-12H2,(H2,20,27)(H,22,24,25). The Kier molecular flexibility index (Phi) is 4.78. The SMILES string of the molecule is NC(=O)C1CCN(c2ncccc2CNc2ccc3nccnc3n2)CC1. The van der Waals surface area contributed by atoms with Crippen LogP contribution in [-0.2, 0) is 11.3 Å². The first-order valence-corrected chi connectivity index (χ1v) is 9.00. The molecule has 1 aliphatic heterocycles. The third kappa shape index (κ3) is 3.79. The number of anilines is 2. The van der Waals surface area contributed by atoms with Gasteiger partial charge in [-0.15, -0.1) is 0 Å². The molecule has 8 heteroatoms. The highest BCUT2D eigenvalue weighted by atomic mass is 16.1. The van der Waals surface area contributed by atoms with Crippen molar-refractivity contribution in [3.05, 3.63) is 48.4 Å². The predicted octanol–water partition coefficient (Wildman–Crippen LogP) is 1.73. The van der Waals surface area contributed by atoms with Gasteiger partial charge in [0, 0.05) is 49.7 Å². The lowest BCUT2D eigenvalue weighted by molar-refractivity contribution is -0.122. The minimum atomic E-state index is -0.206. The first kappa shape index (κ1) is 17.1. The van der Waals surface area contributed by atoms with Crippen LogP contribution in [0.5, 0.6) is 0 Å². The van der Waals surface area contributed by atoms with Crippen LogP contribution in [0, 0.1) is 5.92 Å². The van der Waals surface area contributed by atoms with Crippen LogP contribution in [0.1, 0.15) is 18.4 Å². The Balaban J connectivity index is 1.47. The maximum atomic E-state index is 11.4. The predicted molar refractivity (Wildman–Crippen MR) is 103 cm³/mol. The maximum absolute atomic E-state index is 11.4. The lowest BCUT2D eigenvalue weighted by Gasteiger charge is -2.32. The van der Waals surface area contributed by atoms with Gasteiger partial charge >= 0.3 is 0 Å². The van der Waals surface area contributed by atoms with Gasteiger partial charge in [-0.25, -0.2) is 15.0 Å². The van der Waals surface area contributed by atoms with Crippen molar-refractivity contribution in [1.29, 1.82) is 0 Å². The third-order valence-electron chi connectivity index (χ3n) is 4.86. The zero-order chi connectivity index (χ0) is 18.6. The monoisotopic (exact) mass is 363 g/mol. The molecule has 138 valence electrons. The first-order chi connectivity index (χ1) is 13.2. The van der Waals surface area contributed by atoms with Crippen LogP contribution in [0.2, 0.25) is 0 Å². The Bertz CT molecular complexity index is 953. The molecule has 4 heterocycles. The van der Waals surface area contributed by atoms with Crippen LogP contribution in [-0.4, -0.2) is 38.9 Å². The number of rotatable bonds is 5. The molecule has 3 N–H and O–H groups in total. The number of nitrogens with zero attached hydrogens (tertiary/aromatic N) is 5. The van der Waals surface area contributed by atoms with E-state index < -0.39 is 0 Å². The number of hydrogen-bond acceptors (Lipinski definition) is 7. The van der Waals surface area contributed by atoms with E-state index in [1.807, 2.05) is 18.2 Å². The lowest BCUT2D eigenvalue weighted by Crippen LogP contribution is -2.39. The molecular weight excluding hydrogens is 342 g/mol. The van der Waals surface area contributed by atoms with E-state index in [-0.39, 0.29) is 11.8 Å². The summed E-state index contributed by atoms with van der Waals surface area (Å²) in [6, 6.07) is 7.77. The largest absolute Gasteiger partial charge is 0.369 e. The van der Waals surface area contributed by atoms with Gasteiger partial charge in [0.05, 0.1) is 0 Å². The quantitative estimate of drug-likeness (QED) is 0.710. The molecule has 27 heavy (non-hydrogen) atoms. The van der Waals surface area contributed by atoms with Crippen molar-refractivity contribution in [2.75, 3.05) is 23.3 Å². The number of piperidine rings is 1. The molecule has 0 aromatic carbocycles. The number of hydrogen-bond donors (Lipinski definition) is 2. The van der Waals surface area contributed by atoms with Crippen LogP contribution >= 0.6 is 0 Å². The van der Waals surface area contributed by atoms with Crippen molar-refractivity contribution in [2.24, 2.45) is 11.7 Å². The van der Waals surface area contributed by atoms with E-state index in [1.165, 1.54) is 0 Å². The van der Waals surface area contributed by atoms with Gasteiger partial charge in [-0.05, 0) is 31.0 Å². The molecule has 0 saturated carbocycles. The number of carbonyl (C=O) groups excluding carboxylic acids is 1. The number of pyridine rings is 2. The van der Waals surface area contributed by atoms with E-state index in [9.17, 15) is 4.79 Å². The first-order valence-electron chi connectivity index (χ1n) is 9.00. The molecule has 0 aliphatic carbocycles. The fourth-order valence-electron chi connectivity index (χ4n) is 3.37. The summed E-state index contributed by atoms with van der Waals surface area (Å²) >= 11 is 0. The van der Waals surface area contributed by atoms with Gasteiger partial charge in [0.2, 0.25) is 5.91 Å². The second-order valence-electron chi connectivity index (χ2n) is 6.60. The summed E-state index contributed by atoms with van der Waals surface area (Å²) in [7, 11) is 0. The highest BCUT2D eigenvalue weighted by Gasteiger charge is 2.24. The molecule has 3 aromatic heterocycles. The van der Waals surface area contributed by atoms with E-state index in [0.29, 0.717) is 12.2 Å². The van der Waals surface area contributed by atoms with Crippen molar-refractivity contribution >= 4 is 28.7 Å². The smallest absolute Gasteiger partial charge is 0.220 e. The summed E-state index contributed by atoms with van der Waals surface area (Å²) in [5, 5.41) is 3.34. The zero-order valence-electron chi connectivity index (χ0n) is 14.9. The van der Waals surface area contributed by atoms with E-state index in [2.05, 4.69) is 36.2 Å². The molecule has 1 saturated heterocycles. The lowest BCUT2D eigenvalue weighted by atomic mass is 9.96. The Hall–Kier alpha value is -3.29. The summed E-state index contributed by atoms with van der Waals surface area (Å²) in [6.07, 6.45) is 6.62. The molecule has 4 rings (SSSR count). The Labute approximate surface area is 156 Å². The minimum absolute atomic E-state index is 0.0329. The van der Waals surface area contributed by atoms with Crippen LogP contribution in [0.25, 0.3) is 11.2 Å². The molecule has 1 aliphatic rings. The number of carbonyl (C=O) groups is 1. The number of nitrogens with two attached hydrogens (primary N) is 1. The fourth-order valence-corrected chi connectivity index (χ4v) is 3.37. The van der Waals surface area contributed by atoms with Gasteiger partial charge in [-0.2, -0.15) is 0 Å². The fraction of sp³-hybridized carbons (Fsp3) is 0.316. The second kappa shape index (κ2) is 7.53. The molecule has 0 unspecified atom stereocenters. The molecule has 0 atom stereocenters. The molecule has 0 radical (unpaired) electrons. The zero-order valence-corrected chi connectivity index (χ0v) is 14.9. The van der Waals surface area contributed by atoms with Crippen molar-refractivity contribution < 1.29 is 4.79 Å². The van der Waals surface area contributed by atoms with Crippen molar-refractivity contribution in [1.82, 2.24) is 19.9 Å². The summed E-state index contributed by atoms with van der Waals surface area (Å²) < 4.78 is 0. The molecule has 0 spiro atoms. The van der Waals surface area contributed by atoms with Crippen molar-refractivity contribution in [3.8, 4) is 0 Å². The summed E-state index contributed by atoms with van der Waals surface area (Å²) in [5.74, 6) is 1.44. The molecule has 3 aromatic rings. The Morgan fingerprint density at radius 2 is 1.93 bits per heavy atom. The van der Waals surface area contributed by atoms with E-state index >= 15 is 0 Å². The Morgan fingerprint density at radius 1 is 1.11 bits per heavy atom.